The van der Waals surface area contributed by atoms with Gasteiger partial charge in [-0.25, -0.2) is 0 Å². The van der Waals surface area contributed by atoms with Gasteiger partial charge in [0.05, 0.1) is 6.04 Å². The third-order valence-electron chi connectivity index (χ3n) is 6.08. The van der Waals surface area contributed by atoms with Gasteiger partial charge in [-0.05, 0) is 50.0 Å². The third kappa shape index (κ3) is 3.73. The molecule has 4 rings (SSSR count). The number of amides is 2. The summed E-state index contributed by atoms with van der Waals surface area (Å²) in [6.45, 7) is 4.32. The van der Waals surface area contributed by atoms with Crippen molar-refractivity contribution in [2.45, 2.75) is 58.0 Å². The molecule has 4 heteroatoms. The number of likely N-dealkylation sites (tertiary alicyclic amines) is 2. The van der Waals surface area contributed by atoms with E-state index in [1.54, 1.807) is 0 Å². The highest BCUT2D eigenvalue weighted by Gasteiger charge is 2.42. The molecule has 0 spiro atoms. The number of benzene rings is 1. The first-order chi connectivity index (χ1) is 12.1. The Labute approximate surface area is 150 Å². The molecule has 1 aromatic carbocycles. The molecule has 1 aliphatic carbocycles. The molecule has 2 aliphatic heterocycles. The molecule has 0 unspecified atom stereocenters. The van der Waals surface area contributed by atoms with Crippen LogP contribution in [0.15, 0.2) is 24.3 Å². The number of fused-ring (bicyclic) bond motifs is 1. The van der Waals surface area contributed by atoms with Crippen molar-refractivity contribution in [2.24, 2.45) is 11.8 Å². The Hall–Kier alpha value is -1.84. The Balaban J connectivity index is 1.49. The molecular formula is C21H28N2O2. The Kier molecular flexibility index (Phi) is 4.53. The highest BCUT2D eigenvalue weighted by Crippen LogP contribution is 2.36. The molecule has 134 valence electrons. The molecule has 0 aromatic heterocycles. The largest absolute Gasteiger partial charge is 0.340 e. The monoisotopic (exact) mass is 340 g/mol. The molecule has 1 saturated carbocycles. The fourth-order valence-electron chi connectivity index (χ4n) is 4.33. The minimum atomic E-state index is 0.194. The van der Waals surface area contributed by atoms with E-state index in [2.05, 4.69) is 36.1 Å². The zero-order chi connectivity index (χ0) is 17.4. The molecule has 25 heavy (non-hydrogen) atoms. The summed E-state index contributed by atoms with van der Waals surface area (Å²) in [6.07, 6.45) is 5.80. The van der Waals surface area contributed by atoms with Crippen LogP contribution >= 0.6 is 0 Å². The summed E-state index contributed by atoms with van der Waals surface area (Å²) >= 11 is 0. The summed E-state index contributed by atoms with van der Waals surface area (Å²) in [7, 11) is 0. The maximum absolute atomic E-state index is 12.7. The summed E-state index contributed by atoms with van der Waals surface area (Å²) in [4.78, 5) is 29.3. The fraction of sp³-hybridized carbons (Fsp3) is 0.619. The van der Waals surface area contributed by atoms with Crippen molar-refractivity contribution in [3.63, 3.8) is 0 Å². The molecule has 0 radical (unpaired) electrons. The number of carbonyl (C=O) groups excluding carboxylic acids is 2. The van der Waals surface area contributed by atoms with Gasteiger partial charge in [0.15, 0.2) is 0 Å². The van der Waals surface area contributed by atoms with Gasteiger partial charge in [-0.1, -0.05) is 29.8 Å². The molecule has 0 N–H and O–H groups in total. The zero-order valence-electron chi connectivity index (χ0n) is 15.1. The average Bonchev–Trinajstić information content (AvgIpc) is 3.33. The van der Waals surface area contributed by atoms with Crippen LogP contribution in [0.5, 0.6) is 0 Å². The second-order valence-corrected chi connectivity index (χ2v) is 8.17. The van der Waals surface area contributed by atoms with Gasteiger partial charge in [0.2, 0.25) is 11.8 Å². The van der Waals surface area contributed by atoms with Crippen molar-refractivity contribution in [1.82, 2.24) is 9.80 Å². The SMILES string of the molecule is Cc1ccc(CN2C(=O)CCC[C@@H]3CN(C(=O)CC4CC4)C[C@@H]32)cc1. The first-order valence-electron chi connectivity index (χ1n) is 9.73. The molecule has 2 atom stereocenters. The average molecular weight is 340 g/mol. The normalized spacial score (nSPS) is 26.5. The van der Waals surface area contributed by atoms with Crippen LogP contribution in [0.4, 0.5) is 0 Å². The predicted molar refractivity (Wildman–Crippen MR) is 96.8 cm³/mol. The van der Waals surface area contributed by atoms with Crippen LogP contribution in [0.25, 0.3) is 0 Å². The van der Waals surface area contributed by atoms with Gasteiger partial charge in [0.25, 0.3) is 0 Å². The third-order valence-corrected chi connectivity index (χ3v) is 6.08. The summed E-state index contributed by atoms with van der Waals surface area (Å²) in [5.41, 5.74) is 2.42. The zero-order valence-corrected chi connectivity index (χ0v) is 15.1. The van der Waals surface area contributed by atoms with Gasteiger partial charge in [0, 0.05) is 32.5 Å². The van der Waals surface area contributed by atoms with Gasteiger partial charge in [0.1, 0.15) is 0 Å². The van der Waals surface area contributed by atoms with Crippen LogP contribution in [0.1, 0.15) is 49.7 Å². The summed E-state index contributed by atoms with van der Waals surface area (Å²) in [6, 6.07) is 8.64. The Morgan fingerprint density at radius 1 is 1.12 bits per heavy atom. The summed E-state index contributed by atoms with van der Waals surface area (Å²) in [5.74, 6) is 1.63. The first kappa shape index (κ1) is 16.6. The van der Waals surface area contributed by atoms with Gasteiger partial charge in [-0.2, -0.15) is 0 Å². The highest BCUT2D eigenvalue weighted by molar-refractivity contribution is 5.79. The van der Waals surface area contributed by atoms with Crippen molar-refractivity contribution >= 4 is 11.8 Å². The minimum Gasteiger partial charge on any atom is -0.340 e. The van der Waals surface area contributed by atoms with Gasteiger partial charge < -0.3 is 9.80 Å². The minimum absolute atomic E-state index is 0.194. The van der Waals surface area contributed by atoms with Gasteiger partial charge >= 0.3 is 0 Å². The van der Waals surface area contributed by atoms with E-state index in [1.807, 2.05) is 4.90 Å². The van der Waals surface area contributed by atoms with E-state index in [4.69, 9.17) is 0 Å². The molecular weight excluding hydrogens is 312 g/mol. The molecule has 2 saturated heterocycles. The Bertz CT molecular complexity index is 650. The topological polar surface area (TPSA) is 40.6 Å². The van der Waals surface area contributed by atoms with Crippen molar-refractivity contribution in [2.75, 3.05) is 13.1 Å². The summed E-state index contributed by atoms with van der Waals surface area (Å²) < 4.78 is 0. The number of aryl methyl sites for hydroxylation is 1. The van der Waals surface area contributed by atoms with Gasteiger partial charge in [-0.15, -0.1) is 0 Å². The van der Waals surface area contributed by atoms with E-state index >= 15 is 0 Å². The van der Waals surface area contributed by atoms with E-state index in [-0.39, 0.29) is 11.9 Å². The Morgan fingerprint density at radius 2 is 1.88 bits per heavy atom. The van der Waals surface area contributed by atoms with Crippen molar-refractivity contribution < 1.29 is 9.59 Å². The van der Waals surface area contributed by atoms with Crippen LogP contribution in [0.2, 0.25) is 0 Å². The van der Waals surface area contributed by atoms with E-state index in [0.717, 1.165) is 25.9 Å². The highest BCUT2D eigenvalue weighted by atomic mass is 16.2. The van der Waals surface area contributed by atoms with Crippen molar-refractivity contribution in [1.29, 1.82) is 0 Å². The molecule has 1 aromatic rings. The molecule has 3 aliphatic rings. The quantitative estimate of drug-likeness (QED) is 0.845. The lowest BCUT2D eigenvalue weighted by Crippen LogP contribution is -2.43. The maximum atomic E-state index is 12.7. The van der Waals surface area contributed by atoms with E-state index in [1.165, 1.54) is 24.0 Å². The van der Waals surface area contributed by atoms with Crippen molar-refractivity contribution in [3.05, 3.63) is 35.4 Å². The van der Waals surface area contributed by atoms with Crippen LogP contribution in [0.3, 0.4) is 0 Å². The number of hydrogen-bond donors (Lipinski definition) is 0. The molecule has 4 nitrogen and oxygen atoms in total. The number of rotatable bonds is 4. The van der Waals surface area contributed by atoms with Crippen LogP contribution < -0.4 is 0 Å². The number of carbonyl (C=O) groups is 2. The standard InChI is InChI=1S/C21H28N2O2/c1-15-5-7-17(8-6-15)12-23-19-14-22(21(25)11-16-9-10-16)13-18(19)3-2-4-20(23)24/h5-8,16,18-19H,2-4,9-14H2,1H3/t18-,19+/m1/s1. The summed E-state index contributed by atoms with van der Waals surface area (Å²) in [5, 5.41) is 0. The lowest BCUT2D eigenvalue weighted by Gasteiger charge is -2.30. The Morgan fingerprint density at radius 3 is 2.60 bits per heavy atom. The molecule has 2 amide bonds. The van der Waals surface area contributed by atoms with Crippen LogP contribution in [0, 0.1) is 18.8 Å². The van der Waals surface area contributed by atoms with Crippen LogP contribution in [-0.4, -0.2) is 40.7 Å². The maximum Gasteiger partial charge on any atom is 0.223 e. The van der Waals surface area contributed by atoms with Crippen LogP contribution in [-0.2, 0) is 16.1 Å². The van der Waals surface area contributed by atoms with E-state index in [9.17, 15) is 9.59 Å². The predicted octanol–water partition coefficient (Wildman–Crippen LogP) is 3.13. The number of nitrogens with zero attached hydrogens (tertiary/aromatic N) is 2. The first-order valence-corrected chi connectivity index (χ1v) is 9.73. The smallest absolute Gasteiger partial charge is 0.223 e. The lowest BCUT2D eigenvalue weighted by atomic mass is 9.98. The van der Waals surface area contributed by atoms with Gasteiger partial charge in [-0.3, -0.25) is 9.59 Å². The van der Waals surface area contributed by atoms with Crippen molar-refractivity contribution in [3.8, 4) is 0 Å². The van der Waals surface area contributed by atoms with E-state index < -0.39 is 0 Å². The second kappa shape index (κ2) is 6.81. The molecule has 3 fully saturated rings. The molecule has 2 heterocycles. The molecule has 0 bridgehead atoms. The van der Waals surface area contributed by atoms with E-state index in [0.29, 0.717) is 37.1 Å². The lowest BCUT2D eigenvalue weighted by molar-refractivity contribution is -0.135. The fourth-order valence-corrected chi connectivity index (χ4v) is 4.33. The number of hydrogen-bond acceptors (Lipinski definition) is 2. The second-order valence-electron chi connectivity index (χ2n) is 8.17.